The van der Waals surface area contributed by atoms with Gasteiger partial charge in [0.1, 0.15) is 17.0 Å². The van der Waals surface area contributed by atoms with Gasteiger partial charge in [-0.2, -0.15) is 8.42 Å². The zero-order valence-electron chi connectivity index (χ0n) is 12.5. The highest BCUT2D eigenvalue weighted by atomic mass is 32.2. The second kappa shape index (κ2) is 4.29. The average Bonchev–Trinajstić information content (AvgIpc) is 2.99. The third-order valence-electron chi connectivity index (χ3n) is 5.58. The van der Waals surface area contributed by atoms with Crippen molar-refractivity contribution in [2.75, 3.05) is 0 Å². The molecule has 0 aromatic heterocycles. The first-order valence-electron chi connectivity index (χ1n) is 7.34. The highest BCUT2D eigenvalue weighted by Crippen LogP contribution is 2.61. The van der Waals surface area contributed by atoms with Gasteiger partial charge >= 0.3 is 5.97 Å². The van der Waals surface area contributed by atoms with Crippen molar-refractivity contribution in [3.8, 4) is 0 Å². The summed E-state index contributed by atoms with van der Waals surface area (Å²) in [5.74, 6) is -0.598. The van der Waals surface area contributed by atoms with E-state index in [0.717, 1.165) is 6.21 Å². The summed E-state index contributed by atoms with van der Waals surface area (Å²) in [6.45, 7) is 5.55. The largest absolute Gasteiger partial charge is 0.459 e. The SMILES string of the molecule is CCC(C)(C)C(=O)OC1C2CC3C1OS(=O)(=O)C3(C=N)C2. The predicted molar refractivity (Wildman–Crippen MR) is 75.5 cm³/mol. The molecule has 0 spiro atoms. The first-order chi connectivity index (χ1) is 9.68. The standard InChI is InChI=1S/C14H21NO5S/c1-4-13(2,3)12(16)19-10-8-5-9-11(10)20-21(17,18)14(9,6-8)7-15/h7-11,15H,4-6H2,1-3H3. The van der Waals surface area contributed by atoms with E-state index in [2.05, 4.69) is 0 Å². The summed E-state index contributed by atoms with van der Waals surface area (Å²) in [4.78, 5) is 12.2. The van der Waals surface area contributed by atoms with Crippen molar-refractivity contribution < 1.29 is 22.1 Å². The molecular formula is C14H21NO5S. The molecule has 1 heterocycles. The molecule has 1 saturated heterocycles. The summed E-state index contributed by atoms with van der Waals surface area (Å²) in [5.41, 5.74) is -0.585. The van der Waals surface area contributed by atoms with E-state index < -0.39 is 32.5 Å². The van der Waals surface area contributed by atoms with Crippen LogP contribution in [0.15, 0.2) is 0 Å². The summed E-state index contributed by atoms with van der Waals surface area (Å²) in [6.07, 6.45) is 1.52. The van der Waals surface area contributed by atoms with Gasteiger partial charge in [-0.1, -0.05) is 6.92 Å². The van der Waals surface area contributed by atoms with E-state index in [1.807, 2.05) is 20.8 Å². The molecule has 2 saturated carbocycles. The highest BCUT2D eigenvalue weighted by Gasteiger charge is 2.73. The van der Waals surface area contributed by atoms with E-state index in [1.54, 1.807) is 0 Å². The van der Waals surface area contributed by atoms with E-state index in [1.165, 1.54) is 0 Å². The van der Waals surface area contributed by atoms with Gasteiger partial charge in [-0.15, -0.1) is 0 Å². The molecule has 0 aromatic rings. The number of esters is 1. The molecule has 0 radical (unpaired) electrons. The summed E-state index contributed by atoms with van der Waals surface area (Å²) in [5, 5.41) is 7.53. The van der Waals surface area contributed by atoms with Crippen LogP contribution in [0.5, 0.6) is 0 Å². The lowest BCUT2D eigenvalue weighted by molar-refractivity contribution is -0.166. The van der Waals surface area contributed by atoms with Gasteiger partial charge in [-0.3, -0.25) is 8.98 Å². The maximum atomic E-state index is 12.2. The second-order valence-electron chi connectivity index (χ2n) is 7.03. The molecule has 6 nitrogen and oxygen atoms in total. The van der Waals surface area contributed by atoms with Crippen LogP contribution < -0.4 is 0 Å². The minimum absolute atomic E-state index is 0.0320. The molecule has 118 valence electrons. The lowest BCUT2D eigenvalue weighted by Gasteiger charge is -2.31. The van der Waals surface area contributed by atoms with E-state index in [9.17, 15) is 13.2 Å². The summed E-state index contributed by atoms with van der Waals surface area (Å²) in [7, 11) is -3.79. The number of carbonyl (C=O) groups is 1. The number of nitrogens with one attached hydrogen (secondary N) is 1. The van der Waals surface area contributed by atoms with Crippen LogP contribution in [-0.2, 0) is 23.8 Å². The number of ether oxygens (including phenoxy) is 1. The molecule has 2 aliphatic carbocycles. The van der Waals surface area contributed by atoms with Crippen molar-refractivity contribution in [1.29, 1.82) is 5.41 Å². The smallest absolute Gasteiger partial charge is 0.311 e. The van der Waals surface area contributed by atoms with Crippen LogP contribution in [0, 0.1) is 22.7 Å². The molecule has 0 amide bonds. The van der Waals surface area contributed by atoms with Crippen LogP contribution in [0.1, 0.15) is 40.0 Å². The van der Waals surface area contributed by atoms with E-state index in [0.29, 0.717) is 19.3 Å². The van der Waals surface area contributed by atoms with Crippen molar-refractivity contribution in [3.63, 3.8) is 0 Å². The molecule has 3 aliphatic rings. The second-order valence-corrected chi connectivity index (χ2v) is 8.89. The lowest BCUT2D eigenvalue weighted by Crippen LogP contribution is -2.46. The first kappa shape index (κ1) is 15.0. The quantitative estimate of drug-likeness (QED) is 0.482. The van der Waals surface area contributed by atoms with E-state index in [-0.39, 0.29) is 17.8 Å². The van der Waals surface area contributed by atoms with Crippen LogP contribution in [0.3, 0.4) is 0 Å². The Kier molecular flexibility index (Phi) is 3.05. The van der Waals surface area contributed by atoms with Gasteiger partial charge in [0.25, 0.3) is 10.1 Å². The molecule has 3 fully saturated rings. The Balaban J connectivity index is 1.85. The average molecular weight is 315 g/mol. The number of carbonyl (C=O) groups excluding carboxylic acids is 1. The highest BCUT2D eigenvalue weighted by molar-refractivity contribution is 7.89. The molecule has 1 aliphatic heterocycles. The molecule has 5 unspecified atom stereocenters. The van der Waals surface area contributed by atoms with E-state index >= 15 is 0 Å². The molecule has 2 bridgehead atoms. The number of hydrogen-bond donors (Lipinski definition) is 1. The Labute approximate surface area is 124 Å². The number of rotatable bonds is 4. The first-order valence-corrected chi connectivity index (χ1v) is 8.75. The third kappa shape index (κ3) is 1.76. The zero-order chi connectivity index (χ0) is 15.6. The van der Waals surface area contributed by atoms with Crippen LogP contribution in [-0.4, -0.2) is 37.6 Å². The van der Waals surface area contributed by atoms with Gasteiger partial charge in [0.15, 0.2) is 0 Å². The Morgan fingerprint density at radius 1 is 1.52 bits per heavy atom. The number of fused-ring (bicyclic) bond motifs is 1. The summed E-state index contributed by atoms with van der Waals surface area (Å²) < 4.78 is 34.1. The monoisotopic (exact) mass is 315 g/mol. The fraction of sp³-hybridized carbons (Fsp3) is 0.857. The molecule has 3 rings (SSSR count). The third-order valence-corrected chi connectivity index (χ3v) is 7.57. The van der Waals surface area contributed by atoms with Crippen LogP contribution >= 0.6 is 0 Å². The normalized spacial score (nSPS) is 43.0. The van der Waals surface area contributed by atoms with Gasteiger partial charge in [-0.05, 0) is 33.1 Å². The molecule has 0 aromatic carbocycles. The molecule has 7 heteroatoms. The van der Waals surface area contributed by atoms with Crippen LogP contribution in [0.25, 0.3) is 0 Å². The van der Waals surface area contributed by atoms with Crippen molar-refractivity contribution >= 4 is 22.3 Å². The predicted octanol–water partition coefficient (Wildman–Crippen LogP) is 1.49. The van der Waals surface area contributed by atoms with Gasteiger partial charge in [0.05, 0.1) is 5.41 Å². The van der Waals surface area contributed by atoms with Crippen molar-refractivity contribution in [1.82, 2.24) is 0 Å². The Morgan fingerprint density at radius 2 is 2.19 bits per heavy atom. The Bertz CT molecular complexity index is 598. The molecule has 5 atom stereocenters. The number of hydrogen-bond acceptors (Lipinski definition) is 6. The minimum Gasteiger partial charge on any atom is -0.459 e. The maximum absolute atomic E-state index is 12.2. The summed E-state index contributed by atoms with van der Waals surface area (Å²) >= 11 is 0. The van der Waals surface area contributed by atoms with Crippen LogP contribution in [0.4, 0.5) is 0 Å². The molecular weight excluding hydrogens is 294 g/mol. The molecule has 21 heavy (non-hydrogen) atoms. The lowest BCUT2D eigenvalue weighted by atomic mass is 9.84. The Hall–Kier alpha value is -0.950. The van der Waals surface area contributed by atoms with E-state index in [4.69, 9.17) is 14.3 Å². The van der Waals surface area contributed by atoms with Crippen molar-refractivity contribution in [2.45, 2.75) is 57.0 Å². The van der Waals surface area contributed by atoms with Crippen molar-refractivity contribution in [3.05, 3.63) is 0 Å². The van der Waals surface area contributed by atoms with Crippen molar-refractivity contribution in [2.24, 2.45) is 17.3 Å². The Morgan fingerprint density at radius 3 is 2.76 bits per heavy atom. The molecule has 1 N–H and O–H groups in total. The van der Waals surface area contributed by atoms with Gasteiger partial charge in [-0.25, -0.2) is 0 Å². The maximum Gasteiger partial charge on any atom is 0.311 e. The topological polar surface area (TPSA) is 93.5 Å². The van der Waals surface area contributed by atoms with Gasteiger partial charge < -0.3 is 10.1 Å². The summed E-state index contributed by atoms with van der Waals surface area (Å²) in [6, 6.07) is 0. The fourth-order valence-electron chi connectivity index (χ4n) is 3.80. The van der Waals surface area contributed by atoms with Crippen LogP contribution in [0.2, 0.25) is 0 Å². The minimum atomic E-state index is -3.79. The zero-order valence-corrected chi connectivity index (χ0v) is 13.3. The fourth-order valence-corrected chi connectivity index (χ4v) is 5.68. The van der Waals surface area contributed by atoms with Gasteiger partial charge in [0.2, 0.25) is 0 Å². The van der Waals surface area contributed by atoms with Gasteiger partial charge in [0, 0.05) is 18.1 Å².